The van der Waals surface area contributed by atoms with E-state index in [0.29, 0.717) is 12.0 Å². The van der Waals surface area contributed by atoms with E-state index in [-0.39, 0.29) is 5.82 Å². The largest absolute Gasteiger partial charge is 0.378 e. The van der Waals surface area contributed by atoms with Gasteiger partial charge in [0.25, 0.3) is 0 Å². The molecule has 2 heterocycles. The highest BCUT2D eigenvalue weighted by atomic mass is 35.5. The second-order valence-electron chi connectivity index (χ2n) is 5.22. The minimum Gasteiger partial charge on any atom is -0.378 e. The molecule has 108 valence electrons. The molecule has 0 aliphatic carbocycles. The monoisotopic (exact) mass is 296 g/mol. The van der Waals surface area contributed by atoms with Crippen LogP contribution in [0.3, 0.4) is 0 Å². The molecule has 1 aromatic carbocycles. The molecule has 3 rings (SSSR count). The molecule has 1 aromatic heterocycles. The molecule has 2 aromatic rings. The van der Waals surface area contributed by atoms with Crippen molar-refractivity contribution < 1.29 is 9.13 Å². The molecule has 20 heavy (non-hydrogen) atoms. The van der Waals surface area contributed by atoms with Gasteiger partial charge in [-0.2, -0.15) is 0 Å². The zero-order valence-corrected chi connectivity index (χ0v) is 12.1. The molecule has 1 fully saturated rings. The zero-order chi connectivity index (χ0) is 13.9. The van der Waals surface area contributed by atoms with E-state index in [0.717, 1.165) is 49.3 Å². The standard InChI is InChI=1S/C15H18ClFN2O/c16-10-15-18-13-5-4-11(17)9-14(13)19(15)7-6-12-3-1-2-8-20-12/h4-5,9,12H,1-3,6-8,10H2. The lowest BCUT2D eigenvalue weighted by Crippen LogP contribution is -2.21. The van der Waals surface area contributed by atoms with Gasteiger partial charge in [-0.05, 0) is 43.9 Å². The van der Waals surface area contributed by atoms with Crippen LogP contribution in [0, 0.1) is 5.82 Å². The fourth-order valence-electron chi connectivity index (χ4n) is 2.81. The van der Waals surface area contributed by atoms with Crippen LogP contribution in [0.15, 0.2) is 18.2 Å². The van der Waals surface area contributed by atoms with Crippen LogP contribution in [0.25, 0.3) is 11.0 Å². The number of alkyl halides is 1. The predicted molar refractivity (Wildman–Crippen MR) is 77.5 cm³/mol. The quantitative estimate of drug-likeness (QED) is 0.801. The maximum atomic E-state index is 13.4. The molecule has 1 aliphatic rings. The van der Waals surface area contributed by atoms with Crippen molar-refractivity contribution in [3.8, 4) is 0 Å². The molecule has 3 nitrogen and oxygen atoms in total. The molecule has 1 unspecified atom stereocenters. The molecule has 5 heteroatoms. The van der Waals surface area contributed by atoms with Crippen molar-refractivity contribution in [2.75, 3.05) is 6.61 Å². The van der Waals surface area contributed by atoms with Crippen LogP contribution in [-0.2, 0) is 17.2 Å². The molecular weight excluding hydrogens is 279 g/mol. The summed E-state index contributed by atoms with van der Waals surface area (Å²) in [4.78, 5) is 4.46. The van der Waals surface area contributed by atoms with Gasteiger partial charge in [-0.25, -0.2) is 9.37 Å². The summed E-state index contributed by atoms with van der Waals surface area (Å²) in [7, 11) is 0. The van der Waals surface area contributed by atoms with Crippen LogP contribution in [0.2, 0.25) is 0 Å². The van der Waals surface area contributed by atoms with Crippen LogP contribution < -0.4 is 0 Å². The number of hydrogen-bond acceptors (Lipinski definition) is 2. The van der Waals surface area contributed by atoms with Gasteiger partial charge in [-0.15, -0.1) is 11.6 Å². The summed E-state index contributed by atoms with van der Waals surface area (Å²) in [6.07, 6.45) is 4.72. The highest BCUT2D eigenvalue weighted by molar-refractivity contribution is 6.16. The maximum absolute atomic E-state index is 13.4. The van der Waals surface area contributed by atoms with Gasteiger partial charge in [0, 0.05) is 13.2 Å². The molecular formula is C15H18ClFN2O. The van der Waals surface area contributed by atoms with Gasteiger partial charge in [0.15, 0.2) is 0 Å². The number of benzene rings is 1. The minimum atomic E-state index is -0.242. The lowest BCUT2D eigenvalue weighted by molar-refractivity contribution is 0.00889. The number of nitrogens with zero attached hydrogens (tertiary/aromatic N) is 2. The fourth-order valence-corrected chi connectivity index (χ4v) is 3.01. The number of rotatable bonds is 4. The third-order valence-corrected chi connectivity index (χ3v) is 4.10. The lowest BCUT2D eigenvalue weighted by atomic mass is 10.1. The Morgan fingerprint density at radius 1 is 1.40 bits per heavy atom. The number of halogens is 2. The van der Waals surface area contributed by atoms with Gasteiger partial charge >= 0.3 is 0 Å². The fraction of sp³-hybridized carbons (Fsp3) is 0.533. The molecule has 0 radical (unpaired) electrons. The molecule has 1 aliphatic heterocycles. The Bertz CT molecular complexity index is 593. The van der Waals surface area contributed by atoms with E-state index < -0.39 is 0 Å². The lowest BCUT2D eigenvalue weighted by Gasteiger charge is -2.23. The third-order valence-electron chi connectivity index (χ3n) is 3.86. The third kappa shape index (κ3) is 2.81. The second kappa shape index (κ2) is 6.10. The average molecular weight is 297 g/mol. The summed E-state index contributed by atoms with van der Waals surface area (Å²) >= 11 is 5.96. The summed E-state index contributed by atoms with van der Waals surface area (Å²) in [5.41, 5.74) is 1.61. The summed E-state index contributed by atoms with van der Waals surface area (Å²) in [6, 6.07) is 4.66. The first-order chi connectivity index (χ1) is 9.78. The van der Waals surface area contributed by atoms with Crippen LogP contribution in [0.5, 0.6) is 0 Å². The second-order valence-corrected chi connectivity index (χ2v) is 5.49. The molecule has 0 N–H and O–H groups in total. The van der Waals surface area contributed by atoms with Gasteiger partial charge in [-0.1, -0.05) is 0 Å². The topological polar surface area (TPSA) is 27.1 Å². The van der Waals surface area contributed by atoms with E-state index >= 15 is 0 Å². The van der Waals surface area contributed by atoms with Gasteiger partial charge in [-0.3, -0.25) is 0 Å². The maximum Gasteiger partial charge on any atom is 0.125 e. The van der Waals surface area contributed by atoms with Crippen LogP contribution in [0.4, 0.5) is 4.39 Å². The van der Waals surface area contributed by atoms with Crippen molar-refractivity contribution in [3.63, 3.8) is 0 Å². The first kappa shape index (κ1) is 13.8. The number of ether oxygens (including phenoxy) is 1. The molecule has 0 saturated carbocycles. The highest BCUT2D eigenvalue weighted by Gasteiger charge is 2.16. The minimum absolute atomic E-state index is 0.242. The Morgan fingerprint density at radius 2 is 2.30 bits per heavy atom. The average Bonchev–Trinajstić information content (AvgIpc) is 2.83. The Morgan fingerprint density at radius 3 is 3.05 bits per heavy atom. The van der Waals surface area contributed by atoms with E-state index in [2.05, 4.69) is 4.98 Å². The molecule has 0 amide bonds. The van der Waals surface area contributed by atoms with Gasteiger partial charge in [0.05, 0.1) is 23.0 Å². The van der Waals surface area contributed by atoms with Crippen molar-refractivity contribution in [2.24, 2.45) is 0 Å². The number of imidazole rings is 1. The summed E-state index contributed by atoms with van der Waals surface area (Å²) in [5, 5.41) is 0. The van der Waals surface area contributed by atoms with Crippen molar-refractivity contribution in [3.05, 3.63) is 29.8 Å². The SMILES string of the molecule is Fc1ccc2nc(CCl)n(CCC3CCCCO3)c2c1. The zero-order valence-electron chi connectivity index (χ0n) is 11.3. The Balaban J connectivity index is 1.83. The normalized spacial score (nSPS) is 19.6. The van der Waals surface area contributed by atoms with E-state index in [4.69, 9.17) is 16.3 Å². The van der Waals surface area contributed by atoms with Crippen LogP contribution >= 0.6 is 11.6 Å². The highest BCUT2D eigenvalue weighted by Crippen LogP contribution is 2.22. The van der Waals surface area contributed by atoms with Crippen LogP contribution in [-0.4, -0.2) is 22.3 Å². The Hall–Kier alpha value is -1.13. The number of aromatic nitrogens is 2. The van der Waals surface area contributed by atoms with Crippen molar-refractivity contribution in [1.29, 1.82) is 0 Å². The summed E-state index contributed by atoms with van der Waals surface area (Å²) in [6.45, 7) is 1.62. The van der Waals surface area contributed by atoms with E-state index in [9.17, 15) is 4.39 Å². The summed E-state index contributed by atoms with van der Waals surface area (Å²) < 4.78 is 21.2. The number of fused-ring (bicyclic) bond motifs is 1. The number of aryl methyl sites for hydroxylation is 1. The first-order valence-corrected chi connectivity index (χ1v) is 7.63. The predicted octanol–water partition coefficient (Wildman–Crippen LogP) is 3.87. The Labute approximate surface area is 122 Å². The van der Waals surface area contributed by atoms with Gasteiger partial charge < -0.3 is 9.30 Å². The molecule has 1 atom stereocenters. The molecule has 0 spiro atoms. The van der Waals surface area contributed by atoms with Crippen molar-refractivity contribution >= 4 is 22.6 Å². The first-order valence-electron chi connectivity index (χ1n) is 7.10. The van der Waals surface area contributed by atoms with E-state index in [1.165, 1.54) is 18.6 Å². The smallest absolute Gasteiger partial charge is 0.125 e. The molecule has 0 bridgehead atoms. The van der Waals surface area contributed by atoms with Crippen molar-refractivity contribution in [2.45, 2.75) is 44.2 Å². The van der Waals surface area contributed by atoms with E-state index in [1.54, 1.807) is 6.07 Å². The number of hydrogen-bond donors (Lipinski definition) is 0. The van der Waals surface area contributed by atoms with E-state index in [1.807, 2.05) is 4.57 Å². The summed E-state index contributed by atoms with van der Waals surface area (Å²) in [5.74, 6) is 0.888. The van der Waals surface area contributed by atoms with Gasteiger partial charge in [0.2, 0.25) is 0 Å². The van der Waals surface area contributed by atoms with Gasteiger partial charge in [0.1, 0.15) is 11.6 Å². The molecule has 1 saturated heterocycles. The Kier molecular flexibility index (Phi) is 4.22. The van der Waals surface area contributed by atoms with Crippen molar-refractivity contribution in [1.82, 2.24) is 9.55 Å². The van der Waals surface area contributed by atoms with Crippen LogP contribution in [0.1, 0.15) is 31.5 Å².